The number of aliphatic hydroxyl groups excluding tert-OH is 1. The molecule has 0 spiro atoms. The zero-order valence-electron chi connectivity index (χ0n) is 16.7. The van der Waals surface area contributed by atoms with Crippen LogP contribution in [0.25, 0.3) is 5.78 Å². The quantitative estimate of drug-likeness (QED) is 0.559. The third-order valence-electron chi connectivity index (χ3n) is 5.16. The highest BCUT2D eigenvalue weighted by Gasteiger charge is 2.23. The van der Waals surface area contributed by atoms with E-state index in [1.807, 2.05) is 6.07 Å². The number of amides is 1. The van der Waals surface area contributed by atoms with Crippen LogP contribution in [-0.2, 0) is 0 Å². The van der Waals surface area contributed by atoms with E-state index >= 15 is 0 Å². The van der Waals surface area contributed by atoms with E-state index < -0.39 is 6.10 Å². The number of carbonyl (C=O) groups is 1. The molecule has 1 fully saturated rings. The fraction of sp³-hybridized carbons (Fsp3) is 0.381. The smallest absolute Gasteiger partial charge is 0.271 e. The fourth-order valence-corrected chi connectivity index (χ4v) is 3.84. The highest BCUT2D eigenvalue weighted by molar-refractivity contribution is 6.42. The number of hydrogen-bond acceptors (Lipinski definition) is 6. The van der Waals surface area contributed by atoms with Crippen molar-refractivity contribution in [1.82, 2.24) is 24.6 Å². The number of nitrogens with zero attached hydrogens (tertiary/aromatic N) is 4. The van der Waals surface area contributed by atoms with E-state index in [0.29, 0.717) is 28.1 Å². The molecule has 164 valence electrons. The maximum absolute atomic E-state index is 12.3. The second kappa shape index (κ2) is 9.82. The Balaban J connectivity index is 1.19. The van der Waals surface area contributed by atoms with Crippen LogP contribution in [0.15, 0.2) is 42.9 Å². The summed E-state index contributed by atoms with van der Waals surface area (Å²) in [5.74, 6) is 0.829. The van der Waals surface area contributed by atoms with E-state index in [-0.39, 0.29) is 24.2 Å². The molecule has 3 heterocycles. The van der Waals surface area contributed by atoms with Crippen molar-refractivity contribution in [1.29, 1.82) is 0 Å². The number of benzene rings is 1. The first-order valence-corrected chi connectivity index (χ1v) is 10.8. The zero-order chi connectivity index (χ0) is 21.8. The van der Waals surface area contributed by atoms with Gasteiger partial charge in [0.05, 0.1) is 16.1 Å². The second-order valence-electron chi connectivity index (χ2n) is 7.51. The van der Waals surface area contributed by atoms with Gasteiger partial charge in [-0.05, 0) is 31.0 Å². The highest BCUT2D eigenvalue weighted by atomic mass is 35.5. The van der Waals surface area contributed by atoms with Gasteiger partial charge in [-0.2, -0.15) is 0 Å². The summed E-state index contributed by atoms with van der Waals surface area (Å²) in [7, 11) is 0. The van der Waals surface area contributed by atoms with Crippen LogP contribution in [0.1, 0.15) is 23.3 Å². The monoisotopic (exact) mass is 463 g/mol. The normalized spacial score (nSPS) is 16.4. The molecule has 0 unspecified atom stereocenters. The number of likely N-dealkylation sites (tertiary alicyclic amines) is 1. The van der Waals surface area contributed by atoms with Crippen LogP contribution in [0.5, 0.6) is 5.75 Å². The van der Waals surface area contributed by atoms with E-state index in [4.69, 9.17) is 27.9 Å². The first-order valence-electron chi connectivity index (χ1n) is 10.1. The molecule has 4 rings (SSSR count). The van der Waals surface area contributed by atoms with Crippen molar-refractivity contribution >= 4 is 34.9 Å². The molecule has 10 heteroatoms. The van der Waals surface area contributed by atoms with Crippen molar-refractivity contribution in [3.05, 3.63) is 58.6 Å². The van der Waals surface area contributed by atoms with E-state index in [2.05, 4.69) is 20.2 Å². The van der Waals surface area contributed by atoms with E-state index in [1.165, 1.54) is 0 Å². The number of imidazole rings is 1. The number of ether oxygens (including phenoxy) is 1. The van der Waals surface area contributed by atoms with Crippen LogP contribution in [0.4, 0.5) is 0 Å². The van der Waals surface area contributed by atoms with Gasteiger partial charge in [0.1, 0.15) is 17.5 Å². The van der Waals surface area contributed by atoms with Gasteiger partial charge in [0.2, 0.25) is 5.78 Å². The van der Waals surface area contributed by atoms with Crippen molar-refractivity contribution in [3.63, 3.8) is 0 Å². The number of β-amino-alcohol motifs (C(OH)–C–C–N with tert-alkyl or cyclic N) is 1. The fourth-order valence-electron chi connectivity index (χ4n) is 3.56. The second-order valence-corrected chi connectivity index (χ2v) is 8.33. The first-order chi connectivity index (χ1) is 15.0. The van der Waals surface area contributed by atoms with Crippen LogP contribution in [-0.4, -0.2) is 68.7 Å². The Kier molecular flexibility index (Phi) is 6.92. The molecule has 1 atom stereocenters. The number of aliphatic hydroxyl groups is 1. The minimum Gasteiger partial charge on any atom is -0.490 e. The predicted octanol–water partition coefficient (Wildman–Crippen LogP) is 2.67. The van der Waals surface area contributed by atoms with E-state index in [1.54, 1.807) is 41.2 Å². The average Bonchev–Trinajstić information content (AvgIpc) is 3.20. The summed E-state index contributed by atoms with van der Waals surface area (Å²) in [6, 6.07) is 7.02. The van der Waals surface area contributed by atoms with Gasteiger partial charge in [0.25, 0.3) is 5.91 Å². The maximum Gasteiger partial charge on any atom is 0.271 e. The van der Waals surface area contributed by atoms with Crippen LogP contribution in [0.2, 0.25) is 10.0 Å². The Morgan fingerprint density at radius 2 is 2.10 bits per heavy atom. The predicted molar refractivity (Wildman–Crippen MR) is 118 cm³/mol. The highest BCUT2D eigenvalue weighted by Crippen LogP contribution is 2.28. The standard InChI is InChI=1S/C21H23Cl2N5O3/c22-17-3-2-16(10-18(17)23)31-15-4-8-27(9-5-15)12-14(29)11-25-20(30)19-13-28-7-1-6-24-21(28)26-19/h1-3,6-7,10,13-15,29H,4-5,8-9,11-12H2,(H,25,30)/t14-/m1/s1. The first kappa shape index (κ1) is 21.8. The summed E-state index contributed by atoms with van der Waals surface area (Å²) in [6.45, 7) is 2.23. The molecule has 1 aromatic carbocycles. The minimum atomic E-state index is -0.674. The third kappa shape index (κ3) is 5.65. The number of hydrogen-bond donors (Lipinski definition) is 2. The number of halogens is 2. The lowest BCUT2D eigenvalue weighted by molar-refractivity contribution is 0.0593. The molecule has 2 N–H and O–H groups in total. The van der Waals surface area contributed by atoms with Crippen LogP contribution in [0, 0.1) is 0 Å². The van der Waals surface area contributed by atoms with Crippen molar-refractivity contribution in [3.8, 4) is 5.75 Å². The molecule has 31 heavy (non-hydrogen) atoms. The Morgan fingerprint density at radius 3 is 2.84 bits per heavy atom. The Hall–Kier alpha value is -2.39. The lowest BCUT2D eigenvalue weighted by Gasteiger charge is -2.33. The van der Waals surface area contributed by atoms with Crippen LogP contribution in [0.3, 0.4) is 0 Å². The van der Waals surface area contributed by atoms with Crippen LogP contribution >= 0.6 is 23.2 Å². The summed E-state index contributed by atoms with van der Waals surface area (Å²) < 4.78 is 7.67. The maximum atomic E-state index is 12.3. The Bertz CT molecular complexity index is 1020. The molecular formula is C21H23Cl2N5O3. The number of piperidine rings is 1. The number of aromatic nitrogens is 3. The summed E-state index contributed by atoms with van der Waals surface area (Å²) in [6.07, 6.45) is 6.10. The summed E-state index contributed by atoms with van der Waals surface area (Å²) in [5, 5.41) is 14.1. The molecule has 0 bridgehead atoms. The Labute approximate surface area is 189 Å². The topological polar surface area (TPSA) is 92.0 Å². The lowest BCUT2D eigenvalue weighted by atomic mass is 10.1. The summed E-state index contributed by atoms with van der Waals surface area (Å²) in [4.78, 5) is 22.7. The molecule has 1 aliphatic rings. The molecule has 8 nitrogen and oxygen atoms in total. The van der Waals surface area contributed by atoms with E-state index in [9.17, 15) is 9.90 Å². The van der Waals surface area contributed by atoms with Gasteiger partial charge in [0, 0.05) is 50.8 Å². The number of nitrogens with one attached hydrogen (secondary N) is 1. The van der Waals surface area contributed by atoms with Gasteiger partial charge >= 0.3 is 0 Å². The largest absolute Gasteiger partial charge is 0.490 e. The summed E-state index contributed by atoms with van der Waals surface area (Å²) in [5.41, 5.74) is 0.270. The summed E-state index contributed by atoms with van der Waals surface area (Å²) >= 11 is 12.0. The number of rotatable bonds is 7. The van der Waals surface area contributed by atoms with Crippen LogP contribution < -0.4 is 10.1 Å². The minimum absolute atomic E-state index is 0.0917. The molecule has 0 aliphatic carbocycles. The van der Waals surface area contributed by atoms with Crippen molar-refractivity contribution in [2.24, 2.45) is 0 Å². The average molecular weight is 464 g/mol. The lowest BCUT2D eigenvalue weighted by Crippen LogP contribution is -2.45. The van der Waals surface area contributed by atoms with Gasteiger partial charge in [0.15, 0.2) is 0 Å². The molecule has 1 amide bonds. The molecule has 0 radical (unpaired) electrons. The van der Waals surface area contributed by atoms with E-state index in [0.717, 1.165) is 25.9 Å². The Morgan fingerprint density at radius 1 is 1.29 bits per heavy atom. The van der Waals surface area contributed by atoms with Crippen molar-refractivity contribution in [2.75, 3.05) is 26.2 Å². The van der Waals surface area contributed by atoms with Crippen molar-refractivity contribution in [2.45, 2.75) is 25.0 Å². The van der Waals surface area contributed by atoms with Crippen molar-refractivity contribution < 1.29 is 14.6 Å². The number of carbonyl (C=O) groups excluding carboxylic acids is 1. The molecular weight excluding hydrogens is 441 g/mol. The molecule has 1 saturated heterocycles. The molecule has 0 saturated carbocycles. The molecule has 2 aromatic heterocycles. The molecule has 1 aliphatic heterocycles. The van der Waals surface area contributed by atoms with Gasteiger partial charge < -0.3 is 20.1 Å². The van der Waals surface area contributed by atoms with Gasteiger partial charge in [-0.25, -0.2) is 9.97 Å². The zero-order valence-corrected chi connectivity index (χ0v) is 18.3. The van der Waals surface area contributed by atoms with Gasteiger partial charge in [-0.15, -0.1) is 0 Å². The SMILES string of the molecule is O=C(NC[C@@H](O)CN1CCC(Oc2ccc(Cl)c(Cl)c2)CC1)c1cn2cccnc2n1. The van der Waals surface area contributed by atoms with Gasteiger partial charge in [-0.1, -0.05) is 23.2 Å². The number of fused-ring (bicyclic) bond motifs is 1. The third-order valence-corrected chi connectivity index (χ3v) is 5.90. The molecule has 3 aromatic rings. The van der Waals surface area contributed by atoms with Gasteiger partial charge in [-0.3, -0.25) is 9.20 Å².